The Hall–Kier alpha value is -1.50. The highest BCUT2D eigenvalue weighted by atomic mass is 16.5. The summed E-state index contributed by atoms with van der Waals surface area (Å²) in [7, 11) is 1.43. The van der Waals surface area contributed by atoms with E-state index in [1.165, 1.54) is 13.2 Å². The number of hydrogen-bond donors (Lipinski definition) is 1. The van der Waals surface area contributed by atoms with Gasteiger partial charge in [-0.1, -0.05) is 0 Å². The number of ether oxygens (including phenoxy) is 1. The fourth-order valence-electron chi connectivity index (χ4n) is 0.381. The molecule has 0 aromatic carbocycles. The lowest BCUT2D eigenvalue weighted by Gasteiger charge is -1.94. The van der Waals surface area contributed by atoms with Crippen molar-refractivity contribution in [1.29, 1.82) is 5.26 Å². The summed E-state index contributed by atoms with van der Waals surface area (Å²) < 4.78 is 4.67. The van der Waals surface area contributed by atoms with E-state index in [0.717, 1.165) is 0 Å². The molecule has 0 fully saturated rings. The Morgan fingerprint density at radius 3 is 2.70 bits per heavy atom. The van der Waals surface area contributed by atoms with Gasteiger partial charge in [0.1, 0.15) is 0 Å². The van der Waals surface area contributed by atoms with Gasteiger partial charge in [0.05, 0.1) is 7.11 Å². The number of hydrogen-bond acceptors (Lipinski definition) is 4. The van der Waals surface area contributed by atoms with Crippen LogP contribution in [0.2, 0.25) is 0 Å². The maximum absolute atomic E-state index is 8.09. The van der Waals surface area contributed by atoms with Crippen molar-refractivity contribution >= 4 is 5.90 Å². The van der Waals surface area contributed by atoms with Crippen LogP contribution in [0.4, 0.5) is 0 Å². The third-order valence-corrected chi connectivity index (χ3v) is 0.720. The van der Waals surface area contributed by atoms with Crippen LogP contribution in [-0.2, 0) is 4.74 Å². The van der Waals surface area contributed by atoms with Crippen molar-refractivity contribution in [2.24, 2.45) is 10.7 Å². The van der Waals surface area contributed by atoms with Gasteiger partial charge in [0.25, 0.3) is 0 Å². The van der Waals surface area contributed by atoms with E-state index >= 15 is 0 Å². The van der Waals surface area contributed by atoms with Crippen molar-refractivity contribution in [2.75, 3.05) is 7.11 Å². The molecule has 0 aromatic rings. The molecule has 0 spiro atoms. The van der Waals surface area contributed by atoms with Gasteiger partial charge in [-0.25, -0.2) is 0 Å². The molecular formula is C6H9N3O. The molecule has 0 aliphatic rings. The molecule has 0 aliphatic heterocycles. The summed E-state index contributed by atoms with van der Waals surface area (Å²) in [6, 6.07) is 0. The monoisotopic (exact) mass is 139 g/mol. The lowest BCUT2D eigenvalue weighted by atomic mass is 10.4. The third-order valence-electron chi connectivity index (χ3n) is 0.720. The normalized spacial score (nSPS) is 12.5. The fraction of sp³-hybridized carbons (Fsp3) is 0.333. The summed E-state index contributed by atoms with van der Waals surface area (Å²) >= 11 is 0. The van der Waals surface area contributed by atoms with E-state index < -0.39 is 0 Å². The Morgan fingerprint density at radius 1 is 1.80 bits per heavy atom. The zero-order valence-corrected chi connectivity index (χ0v) is 5.96. The van der Waals surface area contributed by atoms with Crippen molar-refractivity contribution in [3.8, 4) is 6.19 Å². The van der Waals surface area contributed by atoms with Gasteiger partial charge in [-0.05, 0) is 6.92 Å². The van der Waals surface area contributed by atoms with E-state index in [1.807, 2.05) is 0 Å². The minimum atomic E-state index is 0.225. The zero-order chi connectivity index (χ0) is 7.98. The first kappa shape index (κ1) is 8.50. The first-order valence-corrected chi connectivity index (χ1v) is 2.65. The molecule has 0 radical (unpaired) electrons. The Labute approximate surface area is 59.6 Å². The number of nitriles is 1. The van der Waals surface area contributed by atoms with Crippen LogP contribution >= 0.6 is 0 Å². The molecule has 0 aromatic heterocycles. The Morgan fingerprint density at radius 2 is 2.40 bits per heavy atom. The summed E-state index contributed by atoms with van der Waals surface area (Å²) in [4.78, 5) is 3.33. The number of aliphatic imine (C=N–C) groups is 1. The molecule has 4 nitrogen and oxygen atoms in total. The lowest BCUT2D eigenvalue weighted by Crippen LogP contribution is -2.00. The minimum absolute atomic E-state index is 0.225. The molecule has 54 valence electrons. The van der Waals surface area contributed by atoms with Gasteiger partial charge >= 0.3 is 0 Å². The van der Waals surface area contributed by atoms with E-state index in [2.05, 4.69) is 9.73 Å². The Balaban J connectivity index is 4.27. The first-order valence-electron chi connectivity index (χ1n) is 2.65. The van der Waals surface area contributed by atoms with Crippen LogP contribution in [0.3, 0.4) is 0 Å². The number of nitrogens with two attached hydrogens (primary N) is 1. The van der Waals surface area contributed by atoms with Crippen LogP contribution in [0.5, 0.6) is 0 Å². The standard InChI is InChI=1S/C6H9N3O/c1-5(8)3-6(10-2)9-4-7/h3H,8H2,1-2H3. The summed E-state index contributed by atoms with van der Waals surface area (Å²) in [5, 5.41) is 8.09. The summed E-state index contributed by atoms with van der Waals surface area (Å²) in [5.74, 6) is 0.225. The molecule has 0 rings (SSSR count). The van der Waals surface area contributed by atoms with Crippen LogP contribution < -0.4 is 5.73 Å². The van der Waals surface area contributed by atoms with E-state index in [-0.39, 0.29) is 5.90 Å². The van der Waals surface area contributed by atoms with E-state index in [4.69, 9.17) is 11.0 Å². The van der Waals surface area contributed by atoms with Gasteiger partial charge < -0.3 is 10.5 Å². The molecule has 0 saturated heterocycles. The van der Waals surface area contributed by atoms with Crippen LogP contribution in [0.1, 0.15) is 6.92 Å². The maximum Gasteiger partial charge on any atom is 0.225 e. The van der Waals surface area contributed by atoms with Gasteiger partial charge in [-0.15, -0.1) is 4.99 Å². The predicted octanol–water partition coefficient (Wildman–Crippen LogP) is 0.375. The van der Waals surface area contributed by atoms with Crippen LogP contribution in [0, 0.1) is 11.5 Å². The Bertz CT molecular complexity index is 196. The highest BCUT2D eigenvalue weighted by molar-refractivity contribution is 5.88. The molecule has 0 heterocycles. The summed E-state index contributed by atoms with van der Waals surface area (Å²) in [6.07, 6.45) is 3.06. The maximum atomic E-state index is 8.09. The second kappa shape index (κ2) is 4.39. The predicted molar refractivity (Wildman–Crippen MR) is 38.0 cm³/mol. The van der Waals surface area contributed by atoms with Gasteiger partial charge in [0.15, 0.2) is 0 Å². The quantitative estimate of drug-likeness (QED) is 0.324. The molecule has 2 N–H and O–H groups in total. The molecule has 10 heavy (non-hydrogen) atoms. The topological polar surface area (TPSA) is 71.4 Å². The number of methoxy groups -OCH3 is 1. The van der Waals surface area contributed by atoms with Crippen molar-refractivity contribution in [1.82, 2.24) is 0 Å². The number of nitrogens with zero attached hydrogens (tertiary/aromatic N) is 2. The Kier molecular flexibility index (Phi) is 3.73. The molecule has 0 unspecified atom stereocenters. The van der Waals surface area contributed by atoms with Crippen LogP contribution in [0.25, 0.3) is 0 Å². The highest BCUT2D eigenvalue weighted by Gasteiger charge is 1.90. The van der Waals surface area contributed by atoms with Gasteiger partial charge in [0.2, 0.25) is 12.1 Å². The molecule has 0 saturated carbocycles. The molecule has 0 atom stereocenters. The molecular weight excluding hydrogens is 130 g/mol. The van der Waals surface area contributed by atoms with Crippen LogP contribution in [0.15, 0.2) is 16.8 Å². The highest BCUT2D eigenvalue weighted by Crippen LogP contribution is 1.86. The summed E-state index contributed by atoms with van der Waals surface area (Å²) in [5.41, 5.74) is 5.84. The molecule has 0 amide bonds. The molecule has 0 aliphatic carbocycles. The minimum Gasteiger partial charge on any atom is -0.480 e. The van der Waals surface area contributed by atoms with Gasteiger partial charge in [0, 0.05) is 11.8 Å². The fourth-order valence-corrected chi connectivity index (χ4v) is 0.381. The smallest absolute Gasteiger partial charge is 0.225 e. The third kappa shape index (κ3) is 3.50. The van der Waals surface area contributed by atoms with Crippen molar-refractivity contribution < 1.29 is 4.74 Å². The van der Waals surface area contributed by atoms with Crippen LogP contribution in [-0.4, -0.2) is 13.0 Å². The number of allylic oxidation sites excluding steroid dienone is 1. The molecule has 4 heteroatoms. The number of rotatable bonds is 1. The second-order valence-corrected chi connectivity index (χ2v) is 1.64. The SMILES string of the molecule is COC(C=C(C)N)=NC#N. The second-order valence-electron chi connectivity index (χ2n) is 1.64. The average Bonchev–Trinajstić information content (AvgIpc) is 1.86. The zero-order valence-electron chi connectivity index (χ0n) is 5.96. The van der Waals surface area contributed by atoms with E-state index in [1.54, 1.807) is 13.1 Å². The first-order chi connectivity index (χ1) is 4.70. The largest absolute Gasteiger partial charge is 0.480 e. The van der Waals surface area contributed by atoms with Gasteiger partial charge in [-0.3, -0.25) is 0 Å². The summed E-state index contributed by atoms with van der Waals surface area (Å²) in [6.45, 7) is 1.69. The molecule has 0 bridgehead atoms. The van der Waals surface area contributed by atoms with Crippen molar-refractivity contribution in [3.05, 3.63) is 11.8 Å². The van der Waals surface area contributed by atoms with E-state index in [0.29, 0.717) is 5.70 Å². The van der Waals surface area contributed by atoms with Crippen molar-refractivity contribution in [3.63, 3.8) is 0 Å². The van der Waals surface area contributed by atoms with Crippen molar-refractivity contribution in [2.45, 2.75) is 6.92 Å². The van der Waals surface area contributed by atoms with E-state index in [9.17, 15) is 0 Å². The lowest BCUT2D eigenvalue weighted by molar-refractivity contribution is 0.407. The average molecular weight is 139 g/mol. The van der Waals surface area contributed by atoms with Gasteiger partial charge in [-0.2, -0.15) is 5.26 Å².